The van der Waals surface area contributed by atoms with E-state index in [4.69, 9.17) is 11.6 Å². The minimum absolute atomic E-state index is 0.0447. The highest BCUT2D eigenvalue weighted by molar-refractivity contribution is 6.32. The lowest BCUT2D eigenvalue weighted by Crippen LogP contribution is -2.17. The molecule has 5 heteroatoms. The molecule has 0 aliphatic carbocycles. The summed E-state index contributed by atoms with van der Waals surface area (Å²) in [5, 5.41) is -0.0447. The van der Waals surface area contributed by atoms with Crippen LogP contribution in [0.3, 0.4) is 0 Å². The average molecular weight is 269 g/mol. The number of halogens is 4. The van der Waals surface area contributed by atoms with E-state index in [9.17, 15) is 13.2 Å². The van der Waals surface area contributed by atoms with Crippen LogP contribution in [-0.2, 0) is 0 Å². The predicted molar refractivity (Wildman–Crippen MR) is 63.6 cm³/mol. The van der Waals surface area contributed by atoms with E-state index in [0.717, 1.165) is 5.56 Å². The van der Waals surface area contributed by atoms with Crippen LogP contribution in [0.2, 0.25) is 5.02 Å². The van der Waals surface area contributed by atoms with Crippen LogP contribution in [0.1, 0.15) is 39.2 Å². The van der Waals surface area contributed by atoms with Gasteiger partial charge in [0, 0.05) is 0 Å². The summed E-state index contributed by atoms with van der Waals surface area (Å²) in [7, 11) is 0. The van der Waals surface area contributed by atoms with Crippen molar-refractivity contribution < 1.29 is 17.9 Å². The number of hydrogen-bond acceptors (Lipinski definition) is 1. The van der Waals surface area contributed by atoms with Gasteiger partial charge in [-0.3, -0.25) is 0 Å². The van der Waals surface area contributed by atoms with Crippen LogP contribution in [0.15, 0.2) is 18.2 Å². The molecule has 0 heterocycles. The Morgan fingerprint density at radius 2 is 1.71 bits per heavy atom. The van der Waals surface area contributed by atoms with Crippen LogP contribution in [0.25, 0.3) is 0 Å². The van der Waals surface area contributed by atoms with Crippen molar-refractivity contribution in [2.45, 2.75) is 40.0 Å². The minimum Gasteiger partial charge on any atom is -0.404 e. The molecule has 1 rings (SSSR count). The fourth-order valence-electron chi connectivity index (χ4n) is 1.08. The molecule has 0 aromatic heterocycles. The standard InChI is InChI=1S/C10H10ClF3O.C2H6/c1-6(2)7-3-4-8(11)9(5-7)15-10(12,13)14;1-2/h3-6H,1-2H3;1-2H3. The molecule has 17 heavy (non-hydrogen) atoms. The molecule has 1 nitrogen and oxygen atoms in total. The number of rotatable bonds is 2. The lowest BCUT2D eigenvalue weighted by Gasteiger charge is -2.13. The van der Waals surface area contributed by atoms with Gasteiger partial charge in [-0.1, -0.05) is 45.4 Å². The topological polar surface area (TPSA) is 9.23 Å². The van der Waals surface area contributed by atoms with Gasteiger partial charge >= 0.3 is 6.36 Å². The van der Waals surface area contributed by atoms with E-state index in [-0.39, 0.29) is 16.7 Å². The zero-order valence-electron chi connectivity index (χ0n) is 10.2. The molecule has 0 N–H and O–H groups in total. The molecule has 0 aliphatic heterocycles. The molecule has 0 radical (unpaired) electrons. The fourth-order valence-corrected chi connectivity index (χ4v) is 1.24. The first-order valence-electron chi connectivity index (χ1n) is 5.35. The smallest absolute Gasteiger partial charge is 0.404 e. The van der Waals surface area contributed by atoms with E-state index < -0.39 is 6.36 Å². The molecule has 0 unspecified atom stereocenters. The zero-order chi connectivity index (χ0) is 13.6. The molecular formula is C12H16ClF3O. The third-order valence-corrected chi connectivity index (χ3v) is 2.16. The van der Waals surface area contributed by atoms with Crippen LogP contribution in [0, 0.1) is 0 Å². The highest BCUT2D eigenvalue weighted by Crippen LogP contribution is 2.32. The van der Waals surface area contributed by atoms with Gasteiger partial charge in [0.25, 0.3) is 0 Å². The molecule has 0 saturated carbocycles. The summed E-state index contributed by atoms with van der Waals surface area (Å²) in [6.07, 6.45) is -4.71. The van der Waals surface area contributed by atoms with E-state index >= 15 is 0 Å². The van der Waals surface area contributed by atoms with Crippen LogP contribution in [0.5, 0.6) is 5.75 Å². The van der Waals surface area contributed by atoms with Gasteiger partial charge in [0.15, 0.2) is 0 Å². The summed E-state index contributed by atoms with van der Waals surface area (Å²) in [5.41, 5.74) is 0.749. The summed E-state index contributed by atoms with van der Waals surface area (Å²) in [5.74, 6) is -0.229. The maximum atomic E-state index is 12.0. The number of hydrogen-bond donors (Lipinski definition) is 0. The molecule has 0 saturated heterocycles. The van der Waals surface area contributed by atoms with E-state index in [1.165, 1.54) is 12.1 Å². The third-order valence-electron chi connectivity index (χ3n) is 1.85. The van der Waals surface area contributed by atoms with Gasteiger partial charge in [0.05, 0.1) is 5.02 Å². The van der Waals surface area contributed by atoms with Gasteiger partial charge in [-0.05, 0) is 23.6 Å². The second-order valence-electron chi connectivity index (χ2n) is 3.39. The quantitative estimate of drug-likeness (QED) is 0.699. The lowest BCUT2D eigenvalue weighted by atomic mass is 10.0. The first-order chi connectivity index (χ1) is 7.79. The van der Waals surface area contributed by atoms with Gasteiger partial charge in [0.1, 0.15) is 5.75 Å². The maximum absolute atomic E-state index is 12.0. The Bertz CT molecular complexity index is 348. The molecule has 1 aromatic carbocycles. The second kappa shape index (κ2) is 6.74. The van der Waals surface area contributed by atoms with Gasteiger partial charge in [0.2, 0.25) is 0 Å². The molecular weight excluding hydrogens is 253 g/mol. The summed E-state index contributed by atoms with van der Waals surface area (Å²) in [4.78, 5) is 0. The Morgan fingerprint density at radius 3 is 2.12 bits per heavy atom. The van der Waals surface area contributed by atoms with Crippen molar-refractivity contribution in [3.63, 3.8) is 0 Å². The van der Waals surface area contributed by atoms with Crippen molar-refractivity contribution in [1.82, 2.24) is 0 Å². The van der Waals surface area contributed by atoms with E-state index in [1.54, 1.807) is 6.07 Å². The Balaban J connectivity index is 0.00000121. The second-order valence-corrected chi connectivity index (χ2v) is 3.80. The summed E-state index contributed by atoms with van der Waals surface area (Å²) >= 11 is 5.58. The van der Waals surface area contributed by atoms with Gasteiger partial charge < -0.3 is 4.74 Å². The Labute approximate surface area is 105 Å². The van der Waals surface area contributed by atoms with Crippen LogP contribution < -0.4 is 4.74 Å². The monoisotopic (exact) mass is 268 g/mol. The Kier molecular flexibility index (Phi) is 6.39. The maximum Gasteiger partial charge on any atom is 0.573 e. The van der Waals surface area contributed by atoms with Crippen molar-refractivity contribution in [1.29, 1.82) is 0 Å². The van der Waals surface area contributed by atoms with Crippen molar-refractivity contribution in [3.8, 4) is 5.75 Å². The molecule has 0 aliphatic rings. The molecule has 0 amide bonds. The normalized spacial score (nSPS) is 10.9. The summed E-state index contributed by atoms with van der Waals surface area (Å²) in [6, 6.07) is 4.38. The van der Waals surface area contributed by atoms with Crippen LogP contribution in [-0.4, -0.2) is 6.36 Å². The molecule has 0 fully saturated rings. The van der Waals surface area contributed by atoms with Crippen molar-refractivity contribution in [3.05, 3.63) is 28.8 Å². The molecule has 0 bridgehead atoms. The Morgan fingerprint density at radius 1 is 1.18 bits per heavy atom. The fraction of sp³-hybridized carbons (Fsp3) is 0.500. The SMILES string of the molecule is CC.CC(C)c1ccc(Cl)c(OC(F)(F)F)c1. The minimum atomic E-state index is -4.71. The van der Waals surface area contributed by atoms with Crippen LogP contribution in [0.4, 0.5) is 13.2 Å². The first kappa shape index (κ1) is 16.1. The van der Waals surface area contributed by atoms with E-state index in [1.807, 2.05) is 27.7 Å². The largest absolute Gasteiger partial charge is 0.573 e. The van der Waals surface area contributed by atoms with Gasteiger partial charge in [-0.2, -0.15) is 0 Å². The van der Waals surface area contributed by atoms with E-state index in [2.05, 4.69) is 4.74 Å². The molecule has 0 spiro atoms. The lowest BCUT2D eigenvalue weighted by molar-refractivity contribution is -0.274. The molecule has 0 atom stereocenters. The summed E-state index contributed by atoms with van der Waals surface area (Å²) < 4.78 is 39.7. The van der Waals surface area contributed by atoms with Gasteiger partial charge in [-0.25, -0.2) is 0 Å². The van der Waals surface area contributed by atoms with Crippen molar-refractivity contribution in [2.75, 3.05) is 0 Å². The average Bonchev–Trinajstić information content (AvgIpc) is 2.22. The molecule has 1 aromatic rings. The highest BCUT2D eigenvalue weighted by atomic mass is 35.5. The third kappa shape index (κ3) is 5.82. The number of benzene rings is 1. The highest BCUT2D eigenvalue weighted by Gasteiger charge is 2.32. The number of ether oxygens (including phenoxy) is 1. The van der Waals surface area contributed by atoms with Gasteiger partial charge in [-0.15, -0.1) is 13.2 Å². The summed E-state index contributed by atoms with van der Waals surface area (Å²) in [6.45, 7) is 7.75. The Hall–Kier alpha value is -0.900. The molecule has 98 valence electrons. The predicted octanol–water partition coefficient (Wildman–Crippen LogP) is 5.39. The van der Waals surface area contributed by atoms with Crippen molar-refractivity contribution >= 4 is 11.6 Å². The zero-order valence-corrected chi connectivity index (χ0v) is 11.0. The number of alkyl halides is 3. The van der Waals surface area contributed by atoms with Crippen LogP contribution >= 0.6 is 11.6 Å². The first-order valence-corrected chi connectivity index (χ1v) is 5.72. The van der Waals surface area contributed by atoms with Crippen molar-refractivity contribution in [2.24, 2.45) is 0 Å². The van der Waals surface area contributed by atoms with E-state index in [0.29, 0.717) is 0 Å².